The summed E-state index contributed by atoms with van der Waals surface area (Å²) in [4.78, 5) is 13.4. The summed E-state index contributed by atoms with van der Waals surface area (Å²) in [5.74, 6) is -1.38. The van der Waals surface area contributed by atoms with Gasteiger partial charge in [-0.25, -0.2) is 0 Å². The molecule has 1 N–H and O–H groups in total. The fraction of sp³-hybridized carbons (Fsp3) is 0.708. The molecule has 0 amide bonds. The Labute approximate surface area is 188 Å². The number of carbonyl (C=O) groups excluding carboxylic acids is 1. The SMILES string of the molecule is C[C@@H](COCc1ccccc1)[C@H](O)[C@@H](O[Si](C)(C)C(C)(C)C)C(=O)[C@@H]1COC(C)(C)O1. The molecule has 176 valence electrons. The van der Waals surface area contributed by atoms with E-state index in [9.17, 15) is 9.90 Å². The van der Waals surface area contributed by atoms with E-state index < -0.39 is 32.4 Å². The van der Waals surface area contributed by atoms with Crippen LogP contribution in [0, 0.1) is 5.92 Å². The molecule has 7 heteroatoms. The second kappa shape index (κ2) is 10.2. The van der Waals surface area contributed by atoms with Gasteiger partial charge in [-0.15, -0.1) is 0 Å². The van der Waals surface area contributed by atoms with Crippen molar-refractivity contribution >= 4 is 14.1 Å². The fourth-order valence-electron chi connectivity index (χ4n) is 3.13. The van der Waals surface area contributed by atoms with Gasteiger partial charge in [-0.1, -0.05) is 58.0 Å². The molecule has 6 nitrogen and oxygen atoms in total. The topological polar surface area (TPSA) is 74.2 Å². The summed E-state index contributed by atoms with van der Waals surface area (Å²) in [6, 6.07) is 9.87. The number of aliphatic hydroxyl groups excluding tert-OH is 1. The predicted molar refractivity (Wildman–Crippen MR) is 123 cm³/mol. The lowest BCUT2D eigenvalue weighted by molar-refractivity contribution is -0.161. The number of hydrogen-bond donors (Lipinski definition) is 1. The Hall–Kier alpha value is -1.09. The number of aliphatic hydroxyl groups is 1. The first-order valence-electron chi connectivity index (χ1n) is 11.1. The molecule has 31 heavy (non-hydrogen) atoms. The third kappa shape index (κ3) is 7.20. The maximum absolute atomic E-state index is 13.4. The summed E-state index contributed by atoms with van der Waals surface area (Å²) >= 11 is 0. The molecule has 1 aromatic carbocycles. The van der Waals surface area contributed by atoms with Crippen LogP contribution in [0.4, 0.5) is 0 Å². The Bertz CT molecular complexity index is 713. The smallest absolute Gasteiger partial charge is 0.194 e. The second-order valence-electron chi connectivity index (χ2n) is 10.5. The molecule has 0 spiro atoms. The second-order valence-corrected chi connectivity index (χ2v) is 15.2. The van der Waals surface area contributed by atoms with Crippen LogP contribution in [0.3, 0.4) is 0 Å². The largest absolute Gasteiger partial charge is 0.404 e. The van der Waals surface area contributed by atoms with Crippen molar-refractivity contribution in [1.29, 1.82) is 0 Å². The van der Waals surface area contributed by atoms with Gasteiger partial charge in [-0.3, -0.25) is 4.79 Å². The van der Waals surface area contributed by atoms with E-state index in [-0.39, 0.29) is 23.3 Å². The van der Waals surface area contributed by atoms with Gasteiger partial charge < -0.3 is 23.7 Å². The molecular weight excluding hydrogens is 412 g/mol. The van der Waals surface area contributed by atoms with Crippen molar-refractivity contribution in [2.45, 2.75) is 90.4 Å². The number of hydrogen-bond acceptors (Lipinski definition) is 6. The zero-order chi connectivity index (χ0) is 23.4. The van der Waals surface area contributed by atoms with E-state index in [1.807, 2.05) is 37.3 Å². The number of benzene rings is 1. The first-order chi connectivity index (χ1) is 14.2. The molecule has 2 rings (SSSR count). The summed E-state index contributed by atoms with van der Waals surface area (Å²) in [5, 5.41) is 11.1. The van der Waals surface area contributed by atoms with Crippen LogP contribution in [0.25, 0.3) is 0 Å². The van der Waals surface area contributed by atoms with Crippen LogP contribution in [0.15, 0.2) is 30.3 Å². The molecule has 0 aromatic heterocycles. The van der Waals surface area contributed by atoms with Crippen LogP contribution in [0.2, 0.25) is 18.1 Å². The monoisotopic (exact) mass is 452 g/mol. The minimum Gasteiger partial charge on any atom is -0.404 e. The summed E-state index contributed by atoms with van der Waals surface area (Å²) in [5.41, 5.74) is 1.06. The molecule has 0 aliphatic carbocycles. The van der Waals surface area contributed by atoms with Gasteiger partial charge in [-0.2, -0.15) is 0 Å². The summed E-state index contributed by atoms with van der Waals surface area (Å²) in [6.07, 6.45) is -2.75. The highest BCUT2D eigenvalue weighted by atomic mass is 28.4. The number of carbonyl (C=O) groups is 1. The molecule has 1 aliphatic rings. The van der Waals surface area contributed by atoms with Crippen molar-refractivity contribution in [3.63, 3.8) is 0 Å². The zero-order valence-corrected chi connectivity index (χ0v) is 21.3. The van der Waals surface area contributed by atoms with E-state index in [0.29, 0.717) is 13.2 Å². The molecule has 0 radical (unpaired) electrons. The Kier molecular flexibility index (Phi) is 8.63. The first-order valence-corrected chi connectivity index (χ1v) is 14.0. The molecule has 1 fully saturated rings. The average Bonchev–Trinajstić information content (AvgIpc) is 3.04. The number of ketones is 1. The van der Waals surface area contributed by atoms with Gasteiger partial charge in [-0.05, 0) is 37.5 Å². The molecular formula is C24H40O6Si. The van der Waals surface area contributed by atoms with Crippen LogP contribution in [0.1, 0.15) is 47.1 Å². The molecule has 1 aliphatic heterocycles. The standard InChI is InChI=1S/C24H40O6Si/c1-17(14-27-15-18-12-10-9-11-13-18)20(25)22(30-31(7,8)23(2,3)4)21(26)19-16-28-24(5,6)29-19/h9-13,17,19-20,22,25H,14-16H2,1-8H3/t17-,19-,20-,22+/m0/s1. The van der Waals surface area contributed by atoms with Crippen LogP contribution >= 0.6 is 0 Å². The van der Waals surface area contributed by atoms with Crippen LogP contribution in [-0.2, 0) is 30.0 Å². The molecule has 1 heterocycles. The van der Waals surface area contributed by atoms with Crippen molar-refractivity contribution in [3.05, 3.63) is 35.9 Å². The normalized spacial score (nSPS) is 22.2. The Morgan fingerprint density at radius 2 is 1.87 bits per heavy atom. The maximum Gasteiger partial charge on any atom is 0.194 e. The summed E-state index contributed by atoms with van der Waals surface area (Å²) in [7, 11) is -2.33. The van der Waals surface area contributed by atoms with E-state index in [1.165, 1.54) is 0 Å². The molecule has 0 unspecified atom stereocenters. The highest BCUT2D eigenvalue weighted by Gasteiger charge is 2.47. The minimum absolute atomic E-state index is 0.107. The molecule has 0 bridgehead atoms. The third-order valence-electron chi connectivity index (χ3n) is 6.22. The van der Waals surface area contributed by atoms with E-state index in [0.717, 1.165) is 5.56 Å². The van der Waals surface area contributed by atoms with Crippen LogP contribution in [-0.4, -0.2) is 56.5 Å². The number of ether oxygens (including phenoxy) is 3. The highest BCUT2D eigenvalue weighted by Crippen LogP contribution is 2.38. The zero-order valence-electron chi connectivity index (χ0n) is 20.3. The quantitative estimate of drug-likeness (QED) is 0.533. The predicted octanol–water partition coefficient (Wildman–Crippen LogP) is 4.31. The molecule has 1 aromatic rings. The minimum atomic E-state index is -2.33. The Morgan fingerprint density at radius 3 is 2.39 bits per heavy atom. The van der Waals surface area contributed by atoms with Gasteiger partial charge in [0.1, 0.15) is 12.2 Å². The molecule has 4 atom stereocenters. The Morgan fingerprint density at radius 1 is 1.26 bits per heavy atom. The van der Waals surface area contributed by atoms with Gasteiger partial charge in [0.05, 0.1) is 25.9 Å². The van der Waals surface area contributed by atoms with Crippen molar-refractivity contribution in [1.82, 2.24) is 0 Å². The van der Waals surface area contributed by atoms with Crippen molar-refractivity contribution in [2.24, 2.45) is 5.92 Å². The van der Waals surface area contributed by atoms with Crippen molar-refractivity contribution in [3.8, 4) is 0 Å². The lowest BCUT2D eigenvalue weighted by atomic mass is 9.96. The van der Waals surface area contributed by atoms with Gasteiger partial charge in [0.2, 0.25) is 0 Å². The molecule has 1 saturated heterocycles. The maximum atomic E-state index is 13.4. The highest BCUT2D eigenvalue weighted by molar-refractivity contribution is 6.74. The van der Waals surface area contributed by atoms with E-state index >= 15 is 0 Å². The lowest BCUT2D eigenvalue weighted by Crippen LogP contribution is -2.54. The van der Waals surface area contributed by atoms with Crippen molar-refractivity contribution < 1.29 is 28.5 Å². The van der Waals surface area contributed by atoms with Gasteiger partial charge in [0, 0.05) is 5.92 Å². The van der Waals surface area contributed by atoms with E-state index in [2.05, 4.69) is 33.9 Å². The lowest BCUT2D eigenvalue weighted by Gasteiger charge is -2.41. The summed E-state index contributed by atoms with van der Waals surface area (Å²) in [6.45, 7) is 16.8. The Balaban J connectivity index is 2.11. The number of Topliss-reactive ketones (excluding diaryl/α,β-unsaturated/α-hetero) is 1. The van der Waals surface area contributed by atoms with Gasteiger partial charge in [0.15, 0.2) is 19.9 Å². The van der Waals surface area contributed by atoms with Crippen molar-refractivity contribution in [2.75, 3.05) is 13.2 Å². The average molecular weight is 453 g/mol. The van der Waals surface area contributed by atoms with Gasteiger partial charge in [0.25, 0.3) is 0 Å². The van der Waals surface area contributed by atoms with E-state index in [1.54, 1.807) is 13.8 Å². The van der Waals surface area contributed by atoms with Gasteiger partial charge >= 0.3 is 0 Å². The first kappa shape index (κ1) is 26.2. The fourth-order valence-corrected chi connectivity index (χ4v) is 4.38. The number of rotatable bonds is 10. The summed E-state index contributed by atoms with van der Waals surface area (Å²) < 4.78 is 23.6. The van der Waals surface area contributed by atoms with Crippen LogP contribution < -0.4 is 0 Å². The third-order valence-corrected chi connectivity index (χ3v) is 10.7. The van der Waals surface area contributed by atoms with E-state index in [4.69, 9.17) is 18.6 Å². The van der Waals surface area contributed by atoms with Crippen LogP contribution in [0.5, 0.6) is 0 Å². The molecule has 0 saturated carbocycles.